The lowest BCUT2D eigenvalue weighted by Gasteiger charge is -2.39. The molecule has 2 atom stereocenters. The Bertz CT molecular complexity index is 1550. The van der Waals surface area contributed by atoms with E-state index in [1.165, 1.54) is 36.0 Å². The average Bonchev–Trinajstić information content (AvgIpc) is 3.70. The smallest absolute Gasteiger partial charge is 0.427 e. The summed E-state index contributed by atoms with van der Waals surface area (Å²) in [6.45, 7) is 3.87. The van der Waals surface area contributed by atoms with Crippen LogP contribution in [0.25, 0.3) is 0 Å². The molecule has 1 fully saturated rings. The number of esters is 2. The van der Waals surface area contributed by atoms with E-state index in [-0.39, 0.29) is 52.7 Å². The summed E-state index contributed by atoms with van der Waals surface area (Å²) in [5.74, 6) is -2.48. The fraction of sp³-hybridized carbons (Fsp3) is 0.571. The van der Waals surface area contributed by atoms with E-state index in [1.807, 2.05) is 0 Å². The van der Waals surface area contributed by atoms with Gasteiger partial charge in [0.25, 0.3) is 15.9 Å². The number of hydrogen-bond donors (Lipinski definition) is 1. The fourth-order valence-electron chi connectivity index (χ4n) is 4.72. The van der Waals surface area contributed by atoms with Gasteiger partial charge in [0, 0.05) is 19.7 Å². The summed E-state index contributed by atoms with van der Waals surface area (Å²) in [5.41, 5.74) is -2.59. The van der Waals surface area contributed by atoms with Gasteiger partial charge in [0.05, 0.1) is 31.8 Å². The number of carbonyl (C=O) groups is 3. The number of methoxy groups -OCH3 is 1. The molecule has 1 aromatic carbocycles. The molecule has 0 bridgehead atoms. The molecule has 1 saturated carbocycles. The molecular formula is C28H35F3N4O9S. The summed E-state index contributed by atoms with van der Waals surface area (Å²) in [6.07, 6.45) is -3.40. The summed E-state index contributed by atoms with van der Waals surface area (Å²) >= 11 is 0. The van der Waals surface area contributed by atoms with E-state index in [0.29, 0.717) is 0 Å². The Morgan fingerprint density at radius 1 is 1.18 bits per heavy atom. The van der Waals surface area contributed by atoms with Crippen molar-refractivity contribution in [3.8, 4) is 11.6 Å². The second kappa shape index (κ2) is 12.8. The monoisotopic (exact) mass is 660 g/mol. The number of nitrogens with zero attached hydrogens (tertiary/aromatic N) is 3. The summed E-state index contributed by atoms with van der Waals surface area (Å²) in [5, 5.41) is 6.99. The van der Waals surface area contributed by atoms with Crippen molar-refractivity contribution in [1.82, 2.24) is 15.1 Å². The molecule has 1 aliphatic heterocycles. The fourth-order valence-corrected chi connectivity index (χ4v) is 6.28. The van der Waals surface area contributed by atoms with Crippen molar-refractivity contribution in [2.24, 2.45) is 5.92 Å². The number of carbonyl (C=O) groups excluding carboxylic acids is 3. The van der Waals surface area contributed by atoms with Crippen molar-refractivity contribution in [2.45, 2.75) is 82.3 Å². The number of amides is 1. The molecule has 0 spiro atoms. The number of sulfonamides is 1. The second-order valence-corrected chi connectivity index (χ2v) is 13.1. The number of anilines is 1. The molecule has 2 heterocycles. The van der Waals surface area contributed by atoms with Crippen LogP contribution < -0.4 is 19.1 Å². The van der Waals surface area contributed by atoms with E-state index >= 15 is 0 Å². The zero-order valence-electron chi connectivity index (χ0n) is 25.3. The zero-order chi connectivity index (χ0) is 33.3. The lowest BCUT2D eigenvalue weighted by molar-refractivity contribution is -0.257. The van der Waals surface area contributed by atoms with Gasteiger partial charge in [-0.2, -0.15) is 13.2 Å². The summed E-state index contributed by atoms with van der Waals surface area (Å²) in [6, 6.07) is 3.61. The van der Waals surface area contributed by atoms with E-state index in [0.717, 1.165) is 38.1 Å². The van der Waals surface area contributed by atoms with E-state index in [1.54, 1.807) is 6.92 Å². The Morgan fingerprint density at radius 2 is 1.87 bits per heavy atom. The van der Waals surface area contributed by atoms with Gasteiger partial charge in [-0.25, -0.2) is 13.2 Å². The number of halogens is 3. The SMILES string of the molecule is CCn1cc(S(=O)(=O)N2C[C@H]([C@@H](NC(C)=O)C3CC3)Oc3ccc(CC(=O)OC(C)(C)C(F)(F)F)cc32)c(OCC(=O)OC)n1. The van der Waals surface area contributed by atoms with Crippen molar-refractivity contribution in [3.05, 3.63) is 30.0 Å². The molecule has 1 aliphatic carbocycles. The van der Waals surface area contributed by atoms with E-state index in [2.05, 4.69) is 19.9 Å². The highest BCUT2D eigenvalue weighted by atomic mass is 32.2. The molecular weight excluding hydrogens is 625 g/mol. The minimum absolute atomic E-state index is 0.00725. The molecule has 2 aliphatic rings. The van der Waals surface area contributed by atoms with Gasteiger partial charge in [-0.15, -0.1) is 5.10 Å². The second-order valence-electron chi connectivity index (χ2n) is 11.2. The largest absolute Gasteiger partial charge is 0.484 e. The molecule has 13 nitrogen and oxygen atoms in total. The van der Waals surface area contributed by atoms with Crippen LogP contribution in [0.1, 0.15) is 46.1 Å². The van der Waals surface area contributed by atoms with Gasteiger partial charge < -0.3 is 24.3 Å². The van der Waals surface area contributed by atoms with Crippen molar-refractivity contribution >= 4 is 33.6 Å². The van der Waals surface area contributed by atoms with Gasteiger partial charge in [0.2, 0.25) is 11.5 Å². The van der Waals surface area contributed by atoms with Crippen molar-refractivity contribution in [1.29, 1.82) is 0 Å². The highest BCUT2D eigenvalue weighted by Crippen LogP contribution is 2.43. The molecule has 0 saturated heterocycles. The minimum Gasteiger partial charge on any atom is -0.484 e. The normalized spacial score (nSPS) is 17.5. The number of ether oxygens (including phenoxy) is 4. The van der Waals surface area contributed by atoms with Gasteiger partial charge in [0.15, 0.2) is 11.5 Å². The molecule has 45 heavy (non-hydrogen) atoms. The number of fused-ring (bicyclic) bond motifs is 1. The average molecular weight is 661 g/mol. The number of aryl methyl sites for hydroxylation is 1. The van der Waals surface area contributed by atoms with Crippen LogP contribution in [0, 0.1) is 5.92 Å². The number of alkyl halides is 3. The maximum Gasteiger partial charge on any atom is 0.427 e. The highest BCUT2D eigenvalue weighted by molar-refractivity contribution is 7.93. The molecule has 1 N–H and O–H groups in total. The Labute approximate surface area is 258 Å². The molecule has 4 rings (SSSR count). The van der Waals surface area contributed by atoms with Gasteiger partial charge in [0.1, 0.15) is 11.9 Å². The van der Waals surface area contributed by atoms with Crippen LogP contribution in [0.5, 0.6) is 11.6 Å². The molecule has 1 aromatic heterocycles. The summed E-state index contributed by atoms with van der Waals surface area (Å²) < 4.78 is 91.7. The first-order valence-corrected chi connectivity index (χ1v) is 15.6. The van der Waals surface area contributed by atoms with Crippen molar-refractivity contribution < 1.29 is 54.9 Å². The predicted molar refractivity (Wildman–Crippen MR) is 151 cm³/mol. The van der Waals surface area contributed by atoms with E-state index in [4.69, 9.17) is 9.47 Å². The Morgan fingerprint density at radius 3 is 2.44 bits per heavy atom. The number of nitrogens with one attached hydrogen (secondary N) is 1. The van der Waals surface area contributed by atoms with Gasteiger partial charge in [-0.05, 0) is 57.2 Å². The van der Waals surface area contributed by atoms with Gasteiger partial charge in [-0.3, -0.25) is 18.6 Å². The first kappa shape index (κ1) is 33.9. The van der Waals surface area contributed by atoms with E-state index in [9.17, 15) is 36.0 Å². The minimum atomic E-state index is -4.81. The first-order valence-electron chi connectivity index (χ1n) is 14.1. The Kier molecular flexibility index (Phi) is 9.61. The topological polar surface area (TPSA) is 155 Å². The molecule has 17 heteroatoms. The molecule has 1 amide bonds. The standard InChI is InChI=1S/C28H35F3N4O9S/c1-6-34-14-22(26(33-34)42-15-24(38)41-5)45(39,40)35-13-21(25(18-8-9-18)32-16(2)36)43-20-10-7-17(11-19(20)35)12-23(37)44-27(3,4)28(29,30)31/h7,10-11,14,18,21,25H,6,8-9,12-13,15H2,1-5H3,(H,32,36)/t21-,25+/m1/s1. The van der Waals surface area contributed by atoms with Crippen LogP contribution >= 0.6 is 0 Å². The number of rotatable bonds is 12. The van der Waals surface area contributed by atoms with E-state index < -0.39 is 58.9 Å². The molecule has 0 unspecified atom stereocenters. The van der Waals surface area contributed by atoms with Crippen LogP contribution in [0.15, 0.2) is 29.3 Å². The molecule has 248 valence electrons. The number of hydrogen-bond acceptors (Lipinski definition) is 10. The third-order valence-corrected chi connectivity index (χ3v) is 9.12. The quantitative estimate of drug-likeness (QED) is 0.336. The molecule has 2 aromatic rings. The summed E-state index contributed by atoms with van der Waals surface area (Å²) in [7, 11) is -3.39. The Hall–Kier alpha value is -4.02. The van der Waals surface area contributed by atoms with Crippen LogP contribution in [-0.4, -0.2) is 80.2 Å². The molecule has 0 radical (unpaired) electrons. The third kappa shape index (κ3) is 7.62. The van der Waals surface area contributed by atoms with Crippen molar-refractivity contribution in [2.75, 3.05) is 24.6 Å². The first-order chi connectivity index (χ1) is 21.0. The third-order valence-electron chi connectivity index (χ3n) is 7.36. The van der Waals surface area contributed by atoms with Crippen LogP contribution in [0.2, 0.25) is 0 Å². The van der Waals surface area contributed by atoms with Crippen LogP contribution in [-0.2, 0) is 46.8 Å². The Balaban J connectivity index is 1.75. The van der Waals surface area contributed by atoms with Gasteiger partial charge in [-0.1, -0.05) is 6.07 Å². The zero-order valence-corrected chi connectivity index (χ0v) is 26.2. The maximum absolute atomic E-state index is 14.3. The maximum atomic E-state index is 14.3. The highest BCUT2D eigenvalue weighted by Gasteiger charge is 2.51. The van der Waals surface area contributed by atoms with Gasteiger partial charge >= 0.3 is 18.1 Å². The van der Waals surface area contributed by atoms with Crippen molar-refractivity contribution in [3.63, 3.8) is 0 Å². The lowest BCUT2D eigenvalue weighted by atomic mass is 10.0. The predicted octanol–water partition coefficient (Wildman–Crippen LogP) is 2.75. The summed E-state index contributed by atoms with van der Waals surface area (Å²) in [4.78, 5) is 35.9. The number of aromatic nitrogens is 2. The van der Waals surface area contributed by atoms with Crippen LogP contribution in [0.3, 0.4) is 0 Å². The number of benzene rings is 1. The van der Waals surface area contributed by atoms with Crippen LogP contribution in [0.4, 0.5) is 18.9 Å². The lowest BCUT2D eigenvalue weighted by Crippen LogP contribution is -2.55.